The Bertz CT molecular complexity index is 388. The van der Waals surface area contributed by atoms with E-state index in [0.29, 0.717) is 36.1 Å². The fourth-order valence-electron chi connectivity index (χ4n) is 3.35. The number of rotatable bonds is 5. The second-order valence-corrected chi connectivity index (χ2v) is 6.82. The number of piperidine rings is 1. The van der Waals surface area contributed by atoms with Crippen LogP contribution in [0.3, 0.4) is 0 Å². The molecule has 3 aliphatic rings. The van der Waals surface area contributed by atoms with E-state index in [1.54, 1.807) is 0 Å². The van der Waals surface area contributed by atoms with E-state index in [9.17, 15) is 9.59 Å². The first-order valence-electron chi connectivity index (χ1n) is 8.25. The van der Waals surface area contributed by atoms with Gasteiger partial charge >= 0.3 is 0 Å². The van der Waals surface area contributed by atoms with Crippen molar-refractivity contribution >= 4 is 11.8 Å². The van der Waals surface area contributed by atoms with Crippen LogP contribution in [0.25, 0.3) is 0 Å². The Morgan fingerprint density at radius 1 is 1.10 bits per heavy atom. The summed E-state index contributed by atoms with van der Waals surface area (Å²) in [6.45, 7) is 3.90. The third kappa shape index (κ3) is 3.33. The van der Waals surface area contributed by atoms with Crippen molar-refractivity contribution in [3.63, 3.8) is 0 Å². The first-order chi connectivity index (χ1) is 9.67. The number of hydrogen-bond donors (Lipinski definition) is 1. The summed E-state index contributed by atoms with van der Waals surface area (Å²) >= 11 is 0. The zero-order valence-electron chi connectivity index (χ0n) is 12.4. The van der Waals surface area contributed by atoms with E-state index in [4.69, 9.17) is 0 Å². The Kier molecular flexibility index (Phi) is 3.99. The summed E-state index contributed by atoms with van der Waals surface area (Å²) in [6.07, 6.45) is 7.18. The summed E-state index contributed by atoms with van der Waals surface area (Å²) in [5.41, 5.74) is 0. The lowest BCUT2D eigenvalue weighted by atomic mass is 9.81. The van der Waals surface area contributed by atoms with Gasteiger partial charge in [0.15, 0.2) is 0 Å². The number of nitrogens with one attached hydrogen (secondary N) is 1. The molecule has 20 heavy (non-hydrogen) atoms. The first kappa shape index (κ1) is 13.9. The van der Waals surface area contributed by atoms with Crippen LogP contribution in [0.5, 0.6) is 0 Å². The number of hydrogen-bond acceptors (Lipinski definition) is 2. The van der Waals surface area contributed by atoms with Crippen LogP contribution in [0.4, 0.5) is 0 Å². The summed E-state index contributed by atoms with van der Waals surface area (Å²) in [5, 5.41) is 3.09. The van der Waals surface area contributed by atoms with Gasteiger partial charge in [-0.05, 0) is 43.9 Å². The molecule has 1 saturated heterocycles. The normalized spacial score (nSPS) is 30.1. The Labute approximate surface area is 121 Å². The molecule has 0 radical (unpaired) electrons. The highest BCUT2D eigenvalue weighted by Gasteiger charge is 2.38. The van der Waals surface area contributed by atoms with Gasteiger partial charge in [-0.2, -0.15) is 0 Å². The average molecular weight is 278 g/mol. The molecule has 1 N–H and O–H groups in total. The maximum absolute atomic E-state index is 12.2. The molecule has 2 saturated carbocycles. The molecule has 0 spiro atoms. The fraction of sp³-hybridized carbons (Fsp3) is 0.875. The van der Waals surface area contributed by atoms with Crippen molar-refractivity contribution in [2.24, 2.45) is 17.8 Å². The van der Waals surface area contributed by atoms with Gasteiger partial charge in [0.2, 0.25) is 11.8 Å². The Morgan fingerprint density at radius 3 is 2.45 bits per heavy atom. The third-order valence-electron chi connectivity index (χ3n) is 5.04. The molecule has 1 aliphatic heterocycles. The van der Waals surface area contributed by atoms with Gasteiger partial charge in [0.25, 0.3) is 0 Å². The standard InChI is InChI=1S/C16H26N2O2/c1-2-11-10-18(16(20)12-3-4-12)8-7-13(11)9-15(19)17-14-5-6-14/h11-14H,2-10H2,1H3,(H,17,19)/t11-,13-/m0/s1. The van der Waals surface area contributed by atoms with Gasteiger partial charge in [0.1, 0.15) is 0 Å². The number of carbonyl (C=O) groups is 2. The van der Waals surface area contributed by atoms with Crippen molar-refractivity contribution in [2.45, 2.75) is 57.9 Å². The highest BCUT2D eigenvalue weighted by atomic mass is 16.2. The Morgan fingerprint density at radius 2 is 1.85 bits per heavy atom. The molecule has 2 aliphatic carbocycles. The van der Waals surface area contributed by atoms with Crippen LogP contribution in [0, 0.1) is 17.8 Å². The Hall–Kier alpha value is -1.06. The van der Waals surface area contributed by atoms with Crippen molar-refractivity contribution in [1.82, 2.24) is 10.2 Å². The van der Waals surface area contributed by atoms with Gasteiger partial charge in [-0.15, -0.1) is 0 Å². The van der Waals surface area contributed by atoms with Crippen LogP contribution in [0.15, 0.2) is 0 Å². The predicted octanol–water partition coefficient (Wildman–Crippen LogP) is 1.94. The van der Waals surface area contributed by atoms with E-state index in [1.165, 1.54) is 0 Å². The summed E-state index contributed by atoms with van der Waals surface area (Å²) < 4.78 is 0. The minimum atomic E-state index is 0.220. The van der Waals surface area contributed by atoms with E-state index < -0.39 is 0 Å². The largest absolute Gasteiger partial charge is 0.353 e. The monoisotopic (exact) mass is 278 g/mol. The zero-order chi connectivity index (χ0) is 14.1. The molecular formula is C16H26N2O2. The molecule has 112 valence electrons. The lowest BCUT2D eigenvalue weighted by molar-refractivity contribution is -0.135. The number of nitrogens with zero attached hydrogens (tertiary/aromatic N) is 1. The predicted molar refractivity (Wildman–Crippen MR) is 77.0 cm³/mol. The van der Waals surface area contributed by atoms with E-state index in [-0.39, 0.29) is 5.91 Å². The highest BCUT2D eigenvalue weighted by molar-refractivity contribution is 5.81. The average Bonchev–Trinajstić information content (AvgIpc) is 3.31. The van der Waals surface area contributed by atoms with Crippen molar-refractivity contribution in [2.75, 3.05) is 13.1 Å². The van der Waals surface area contributed by atoms with Crippen molar-refractivity contribution in [3.05, 3.63) is 0 Å². The maximum atomic E-state index is 12.2. The second kappa shape index (κ2) is 5.74. The van der Waals surface area contributed by atoms with Crippen LogP contribution in [0.1, 0.15) is 51.9 Å². The molecule has 4 heteroatoms. The molecule has 0 aromatic heterocycles. The van der Waals surface area contributed by atoms with E-state index in [0.717, 1.165) is 51.6 Å². The van der Waals surface area contributed by atoms with Crippen molar-refractivity contribution in [3.8, 4) is 0 Å². The minimum Gasteiger partial charge on any atom is -0.353 e. The smallest absolute Gasteiger partial charge is 0.225 e. The number of amides is 2. The van der Waals surface area contributed by atoms with Crippen molar-refractivity contribution < 1.29 is 9.59 Å². The zero-order valence-corrected chi connectivity index (χ0v) is 12.4. The molecule has 2 atom stereocenters. The number of carbonyl (C=O) groups excluding carboxylic acids is 2. The van der Waals surface area contributed by atoms with Gasteiger partial charge in [0, 0.05) is 31.5 Å². The first-order valence-corrected chi connectivity index (χ1v) is 8.25. The molecular weight excluding hydrogens is 252 g/mol. The quantitative estimate of drug-likeness (QED) is 0.835. The van der Waals surface area contributed by atoms with Crippen LogP contribution in [-0.4, -0.2) is 35.8 Å². The summed E-state index contributed by atoms with van der Waals surface area (Å²) in [4.78, 5) is 26.2. The van der Waals surface area contributed by atoms with Crippen molar-refractivity contribution in [1.29, 1.82) is 0 Å². The molecule has 0 aromatic carbocycles. The molecule has 0 unspecified atom stereocenters. The van der Waals surface area contributed by atoms with E-state index in [2.05, 4.69) is 17.1 Å². The Balaban J connectivity index is 1.50. The molecule has 3 fully saturated rings. The molecule has 0 bridgehead atoms. The molecule has 0 aromatic rings. The van der Waals surface area contributed by atoms with Gasteiger partial charge in [-0.3, -0.25) is 9.59 Å². The second-order valence-electron chi connectivity index (χ2n) is 6.82. The van der Waals surface area contributed by atoms with E-state index >= 15 is 0 Å². The van der Waals surface area contributed by atoms with Gasteiger partial charge in [-0.25, -0.2) is 0 Å². The van der Waals surface area contributed by atoms with Gasteiger partial charge in [0.05, 0.1) is 0 Å². The maximum Gasteiger partial charge on any atom is 0.225 e. The summed E-state index contributed by atoms with van der Waals surface area (Å²) in [5.74, 6) is 1.86. The highest BCUT2D eigenvalue weighted by Crippen LogP contribution is 2.35. The van der Waals surface area contributed by atoms with Crippen LogP contribution in [-0.2, 0) is 9.59 Å². The SMILES string of the molecule is CC[C@H]1CN(C(=O)C2CC2)CC[C@H]1CC(=O)NC1CC1. The molecule has 3 rings (SSSR count). The lowest BCUT2D eigenvalue weighted by Crippen LogP contribution is -2.45. The topological polar surface area (TPSA) is 49.4 Å². The van der Waals surface area contributed by atoms with Gasteiger partial charge in [-0.1, -0.05) is 13.3 Å². The molecule has 2 amide bonds. The summed E-state index contributed by atoms with van der Waals surface area (Å²) in [6, 6.07) is 0.458. The lowest BCUT2D eigenvalue weighted by Gasteiger charge is -2.38. The third-order valence-corrected chi connectivity index (χ3v) is 5.04. The minimum absolute atomic E-state index is 0.220. The fourth-order valence-corrected chi connectivity index (χ4v) is 3.35. The van der Waals surface area contributed by atoms with Crippen LogP contribution >= 0.6 is 0 Å². The van der Waals surface area contributed by atoms with Crippen LogP contribution < -0.4 is 5.32 Å². The van der Waals surface area contributed by atoms with Gasteiger partial charge < -0.3 is 10.2 Å². The molecule has 4 nitrogen and oxygen atoms in total. The molecule has 1 heterocycles. The van der Waals surface area contributed by atoms with Crippen LogP contribution in [0.2, 0.25) is 0 Å². The van der Waals surface area contributed by atoms with E-state index in [1.807, 2.05) is 0 Å². The summed E-state index contributed by atoms with van der Waals surface area (Å²) in [7, 11) is 0. The number of likely N-dealkylation sites (tertiary alicyclic amines) is 1.